The van der Waals surface area contributed by atoms with E-state index in [1.807, 2.05) is 41.5 Å². The average Bonchev–Trinajstić information content (AvgIpc) is 3.15. The highest BCUT2D eigenvalue weighted by Crippen LogP contribution is 2.21. The number of carbonyl (C=O) groups excluding carboxylic acids is 5. The second-order valence-electron chi connectivity index (χ2n) is 17.0. The van der Waals surface area contributed by atoms with E-state index >= 15 is 0 Å². The lowest BCUT2D eigenvalue weighted by Crippen LogP contribution is -2.50. The van der Waals surface area contributed by atoms with Gasteiger partial charge >= 0.3 is 5.97 Å². The van der Waals surface area contributed by atoms with Crippen LogP contribution in [0.4, 0.5) is 0 Å². The summed E-state index contributed by atoms with van der Waals surface area (Å²) in [4.78, 5) is 72.8. The van der Waals surface area contributed by atoms with Crippen LogP contribution in [0.5, 0.6) is 0 Å². The highest BCUT2D eigenvalue weighted by atomic mass is 16.5. The Morgan fingerprint density at radius 3 is 1.51 bits per heavy atom. The molecule has 1 unspecified atom stereocenters. The van der Waals surface area contributed by atoms with Crippen LogP contribution >= 0.6 is 0 Å². The first kappa shape index (κ1) is 55.8. The molecule has 0 bridgehead atoms. The van der Waals surface area contributed by atoms with Crippen LogP contribution in [0.1, 0.15) is 145 Å². The van der Waals surface area contributed by atoms with E-state index in [0.29, 0.717) is 13.0 Å². The second kappa shape index (κ2) is 34.5. The Bertz CT molecular complexity index is 1170. The number of carboxylic acids is 1. The molecule has 0 spiro atoms. The van der Waals surface area contributed by atoms with Gasteiger partial charge in [-0.1, -0.05) is 79.1 Å². The summed E-state index contributed by atoms with van der Waals surface area (Å²) in [7, 11) is 0. The van der Waals surface area contributed by atoms with Gasteiger partial charge in [-0.2, -0.15) is 0 Å². The number of carboxylic acid groups (broad SMARTS) is 1. The quantitative estimate of drug-likeness (QED) is 0.0482. The van der Waals surface area contributed by atoms with Crippen molar-refractivity contribution in [1.29, 1.82) is 0 Å². The van der Waals surface area contributed by atoms with Crippen LogP contribution in [-0.2, 0) is 47.7 Å². The number of amides is 4. The smallest absolute Gasteiger partial charge is 0.326 e. The first-order chi connectivity index (χ1) is 28.0. The molecule has 2 atom stereocenters. The van der Waals surface area contributed by atoms with E-state index < -0.39 is 17.4 Å². The number of ether oxygens (including phenoxy) is 4. The first-order valence-electron chi connectivity index (χ1n) is 21.9. The van der Waals surface area contributed by atoms with Crippen molar-refractivity contribution in [3.63, 3.8) is 0 Å². The van der Waals surface area contributed by atoms with Gasteiger partial charge in [-0.05, 0) is 52.9 Å². The minimum atomic E-state index is -1.17. The molecule has 59 heavy (non-hydrogen) atoms. The van der Waals surface area contributed by atoms with Crippen molar-refractivity contribution in [2.75, 3.05) is 72.5 Å². The Hall–Kier alpha value is -3.18. The monoisotopic (exact) mass is 844 g/mol. The molecule has 0 aliphatic heterocycles. The number of hydrogen-bond acceptors (Lipinski definition) is 11. The number of rotatable bonds is 38. The molecule has 0 fully saturated rings. The predicted octanol–water partition coefficient (Wildman–Crippen LogP) is 4.21. The third kappa shape index (κ3) is 35.3. The van der Waals surface area contributed by atoms with Gasteiger partial charge in [0.05, 0.1) is 45.7 Å². The summed E-state index contributed by atoms with van der Waals surface area (Å²) in [6.07, 6.45) is 12.6. The average molecular weight is 844 g/mol. The van der Waals surface area contributed by atoms with Crippen molar-refractivity contribution in [2.24, 2.45) is 5.41 Å². The van der Waals surface area contributed by atoms with E-state index in [0.717, 1.165) is 38.5 Å². The van der Waals surface area contributed by atoms with Crippen molar-refractivity contribution in [3.8, 4) is 0 Å². The molecule has 0 rings (SSSR count). The summed E-state index contributed by atoms with van der Waals surface area (Å²) in [6, 6.07) is -1.35. The lowest BCUT2D eigenvalue weighted by Gasteiger charge is -2.31. The Morgan fingerprint density at radius 1 is 0.508 bits per heavy atom. The molecule has 0 aromatic heterocycles. The SMILES string of the molecule is CCCCCCCCCCCC(=O)N[C@@H](CCC(=O)NCCOCCOCC(=O)NCCOCCOCC(=O)NCCCCC(NC(C)(C)C)C(=O)C(C)(C)C)C(=O)O. The van der Waals surface area contributed by atoms with Gasteiger partial charge in [0.1, 0.15) is 19.3 Å². The summed E-state index contributed by atoms with van der Waals surface area (Å²) in [5, 5.41) is 23.6. The molecule has 0 aliphatic rings. The van der Waals surface area contributed by atoms with Gasteiger partial charge in [-0.3, -0.25) is 24.0 Å². The number of nitrogens with one attached hydrogen (secondary N) is 5. The number of carbonyl (C=O) groups is 6. The maximum Gasteiger partial charge on any atom is 0.326 e. The van der Waals surface area contributed by atoms with Gasteiger partial charge in [0, 0.05) is 43.4 Å². The van der Waals surface area contributed by atoms with Gasteiger partial charge < -0.3 is 50.6 Å². The molecule has 16 nitrogen and oxygen atoms in total. The summed E-state index contributed by atoms with van der Waals surface area (Å²) in [5.74, 6) is -2.16. The fourth-order valence-electron chi connectivity index (χ4n) is 5.90. The molecule has 16 heteroatoms. The lowest BCUT2D eigenvalue weighted by molar-refractivity contribution is -0.142. The van der Waals surface area contributed by atoms with Crippen molar-refractivity contribution < 1.29 is 52.8 Å². The number of ketones is 1. The van der Waals surface area contributed by atoms with Crippen LogP contribution in [0.15, 0.2) is 0 Å². The first-order valence-corrected chi connectivity index (χ1v) is 21.9. The number of aliphatic carboxylic acids is 1. The molecule has 0 saturated heterocycles. The van der Waals surface area contributed by atoms with Crippen molar-refractivity contribution >= 4 is 35.4 Å². The Kier molecular flexibility index (Phi) is 32.7. The number of hydrogen-bond donors (Lipinski definition) is 6. The van der Waals surface area contributed by atoms with E-state index in [1.54, 1.807) is 0 Å². The molecule has 0 aromatic rings. The van der Waals surface area contributed by atoms with Gasteiger partial charge in [0.25, 0.3) is 0 Å². The highest BCUT2D eigenvalue weighted by Gasteiger charge is 2.31. The fraction of sp³-hybridized carbons (Fsp3) is 0.860. The summed E-state index contributed by atoms with van der Waals surface area (Å²) in [6.45, 7) is 16.3. The third-order valence-corrected chi connectivity index (χ3v) is 9.05. The van der Waals surface area contributed by atoms with E-state index in [-0.39, 0.29) is 126 Å². The molecule has 0 saturated carbocycles. The van der Waals surface area contributed by atoms with Crippen molar-refractivity contribution in [3.05, 3.63) is 0 Å². The summed E-state index contributed by atoms with van der Waals surface area (Å²) >= 11 is 0. The van der Waals surface area contributed by atoms with E-state index in [4.69, 9.17) is 18.9 Å². The molecular formula is C43H81N5O11. The molecule has 6 N–H and O–H groups in total. The summed E-state index contributed by atoms with van der Waals surface area (Å²) < 4.78 is 21.5. The van der Waals surface area contributed by atoms with Gasteiger partial charge in [-0.25, -0.2) is 4.79 Å². The Morgan fingerprint density at radius 2 is 1.00 bits per heavy atom. The normalized spacial score (nSPS) is 12.7. The Labute approximate surface area is 354 Å². The molecule has 0 aliphatic carbocycles. The van der Waals surface area contributed by atoms with E-state index in [2.05, 4.69) is 33.5 Å². The molecular weight excluding hydrogens is 762 g/mol. The minimum Gasteiger partial charge on any atom is -0.480 e. The van der Waals surface area contributed by atoms with Gasteiger partial charge in [0.15, 0.2) is 5.78 Å². The van der Waals surface area contributed by atoms with Crippen molar-refractivity contribution in [1.82, 2.24) is 26.6 Å². The zero-order valence-corrected chi connectivity index (χ0v) is 37.6. The second-order valence-corrected chi connectivity index (χ2v) is 17.0. The molecule has 4 amide bonds. The molecule has 0 aromatic carbocycles. The maximum absolute atomic E-state index is 12.8. The van der Waals surface area contributed by atoms with Crippen LogP contribution in [0.25, 0.3) is 0 Å². The Balaban J connectivity index is 3.78. The third-order valence-electron chi connectivity index (χ3n) is 9.05. The molecule has 0 radical (unpaired) electrons. The van der Waals surface area contributed by atoms with Gasteiger partial charge in [0.2, 0.25) is 23.6 Å². The maximum atomic E-state index is 12.8. The van der Waals surface area contributed by atoms with Crippen LogP contribution in [0.3, 0.4) is 0 Å². The van der Waals surface area contributed by atoms with Crippen LogP contribution in [-0.4, -0.2) is 131 Å². The molecule has 344 valence electrons. The predicted molar refractivity (Wildman–Crippen MR) is 228 cm³/mol. The van der Waals surface area contributed by atoms with Gasteiger partial charge in [-0.15, -0.1) is 0 Å². The fourth-order valence-corrected chi connectivity index (χ4v) is 5.90. The van der Waals surface area contributed by atoms with Crippen molar-refractivity contribution in [2.45, 2.75) is 162 Å². The molecule has 0 heterocycles. The number of Topliss-reactive ketones (excluding diaryl/α,β-unsaturated/α-hetero) is 1. The van der Waals surface area contributed by atoms with Crippen LogP contribution < -0.4 is 26.6 Å². The topological polar surface area (TPSA) is 220 Å². The van der Waals surface area contributed by atoms with Crippen LogP contribution in [0.2, 0.25) is 0 Å². The number of unbranched alkanes of at least 4 members (excludes halogenated alkanes) is 9. The lowest BCUT2D eigenvalue weighted by atomic mass is 9.84. The van der Waals surface area contributed by atoms with Crippen LogP contribution in [0, 0.1) is 5.41 Å². The zero-order valence-electron chi connectivity index (χ0n) is 37.6. The largest absolute Gasteiger partial charge is 0.480 e. The zero-order chi connectivity index (χ0) is 44.4. The van der Waals surface area contributed by atoms with E-state index in [9.17, 15) is 33.9 Å². The standard InChI is InChI=1S/C43H81N5O11/c1-8-9-10-11-12-13-14-15-16-20-37(50)47-35(41(54)55)21-22-36(49)45-24-26-56-28-31-59-33-39(52)46-25-27-57-29-30-58-32-38(51)44-23-18-17-19-34(48-43(5,6)7)40(53)42(2,3)4/h34-35,48H,8-33H2,1-7H3,(H,44,51)(H,45,49)(H,46,52)(H,47,50)(H,54,55)/t34?,35-/m0/s1. The van der Waals surface area contributed by atoms with E-state index in [1.165, 1.54) is 32.1 Å². The summed E-state index contributed by atoms with van der Waals surface area (Å²) in [5.41, 5.74) is -0.602. The highest BCUT2D eigenvalue weighted by molar-refractivity contribution is 5.88. The minimum absolute atomic E-state index is 0.00850.